The first-order valence-electron chi connectivity index (χ1n) is 2.65. The molecule has 0 radical (unpaired) electrons. The van der Waals surface area contributed by atoms with Crippen LogP contribution in [0.5, 0.6) is 0 Å². The van der Waals surface area contributed by atoms with Crippen molar-refractivity contribution in [3.63, 3.8) is 0 Å². The minimum Gasteiger partial charge on any atom is -0.464 e. The molecule has 0 saturated carbocycles. The minimum atomic E-state index is -2.43. The molecule has 1 fully saturated rings. The van der Waals surface area contributed by atoms with Gasteiger partial charge in [-0.15, -0.1) is 0 Å². The van der Waals surface area contributed by atoms with Crippen LogP contribution >= 0.6 is 0 Å². The summed E-state index contributed by atoms with van der Waals surface area (Å²) >= 11 is 0. The van der Waals surface area contributed by atoms with Crippen LogP contribution in [0, 0.1) is 0 Å². The fourth-order valence-corrected chi connectivity index (χ4v) is 0.385. The molecule has 2 nitrogen and oxygen atoms in total. The predicted octanol–water partition coefficient (Wildman–Crippen LogP) is 1.44. The molecule has 1 aliphatic rings. The molecule has 0 spiro atoms. The number of ether oxygens (including phenoxy) is 2. The van der Waals surface area contributed by atoms with Gasteiger partial charge in [-0.3, -0.25) is 0 Å². The van der Waals surface area contributed by atoms with Crippen LogP contribution in [0.3, 0.4) is 0 Å². The van der Waals surface area contributed by atoms with Gasteiger partial charge in [0.05, 0.1) is 6.61 Å². The van der Waals surface area contributed by atoms with Gasteiger partial charge in [0.2, 0.25) is 0 Å². The molecule has 0 aliphatic carbocycles. The Balaban J connectivity index is 2.17. The van der Waals surface area contributed by atoms with E-state index in [1.54, 1.807) is 0 Å². The first-order chi connectivity index (χ1) is 4.70. The number of hydrogen-bond donors (Lipinski definition) is 0. The van der Waals surface area contributed by atoms with Crippen molar-refractivity contribution in [3.05, 3.63) is 12.1 Å². The lowest BCUT2D eigenvalue weighted by atomic mass is 10.5. The lowest BCUT2D eigenvalue weighted by Crippen LogP contribution is -1.98. The molecular formula is C5H5F3O2. The van der Waals surface area contributed by atoms with Crippen molar-refractivity contribution in [1.29, 1.82) is 0 Å². The van der Waals surface area contributed by atoms with Gasteiger partial charge >= 0.3 is 12.1 Å². The van der Waals surface area contributed by atoms with Crippen LogP contribution in [0.2, 0.25) is 0 Å². The Kier molecular flexibility index (Phi) is 2.16. The van der Waals surface area contributed by atoms with E-state index >= 15 is 0 Å². The first kappa shape index (κ1) is 7.40. The van der Waals surface area contributed by atoms with E-state index in [9.17, 15) is 13.2 Å². The Bertz CT molecular complexity index is 149. The Labute approximate surface area is 55.2 Å². The third kappa shape index (κ3) is 2.26. The van der Waals surface area contributed by atoms with E-state index in [2.05, 4.69) is 9.47 Å². The maximum atomic E-state index is 11.8. The van der Waals surface area contributed by atoms with Crippen molar-refractivity contribution < 1.29 is 22.6 Å². The van der Waals surface area contributed by atoms with E-state index in [1.807, 2.05) is 0 Å². The lowest BCUT2D eigenvalue weighted by Gasteiger charge is -1.96. The fraction of sp³-hybridized carbons (Fsp3) is 0.600. The van der Waals surface area contributed by atoms with Gasteiger partial charge in [0.25, 0.3) is 0 Å². The van der Waals surface area contributed by atoms with Gasteiger partial charge in [-0.2, -0.15) is 13.2 Å². The Morgan fingerprint density at radius 1 is 1.50 bits per heavy atom. The molecule has 0 N–H and O–H groups in total. The Morgan fingerprint density at radius 2 is 2.10 bits per heavy atom. The zero-order chi connectivity index (χ0) is 7.56. The summed E-state index contributed by atoms with van der Waals surface area (Å²) < 4.78 is 42.8. The molecule has 1 aliphatic heterocycles. The Hall–Kier alpha value is -0.710. The van der Waals surface area contributed by atoms with Gasteiger partial charge in [-0.1, -0.05) is 0 Å². The van der Waals surface area contributed by atoms with Crippen LogP contribution in [-0.2, 0) is 9.47 Å². The average molecular weight is 154 g/mol. The summed E-state index contributed by atoms with van der Waals surface area (Å²) in [5.74, 6) is 0. The first-order valence-corrected chi connectivity index (χ1v) is 2.65. The summed E-state index contributed by atoms with van der Waals surface area (Å²) in [5.41, 5.74) is 0. The largest absolute Gasteiger partial charge is 0.464 e. The van der Waals surface area contributed by atoms with Crippen LogP contribution in [-0.4, -0.2) is 19.3 Å². The second-order valence-corrected chi connectivity index (χ2v) is 1.80. The van der Waals surface area contributed by atoms with Crippen LogP contribution in [0.4, 0.5) is 13.2 Å². The van der Waals surface area contributed by atoms with E-state index in [0.717, 1.165) is 0 Å². The van der Waals surface area contributed by atoms with Crippen molar-refractivity contribution in [1.82, 2.24) is 0 Å². The van der Waals surface area contributed by atoms with Crippen LogP contribution in [0.25, 0.3) is 0 Å². The molecule has 0 aromatic rings. The molecule has 10 heavy (non-hydrogen) atoms. The Morgan fingerprint density at radius 3 is 2.50 bits per heavy atom. The normalized spacial score (nSPS) is 22.1. The topological polar surface area (TPSA) is 21.8 Å². The van der Waals surface area contributed by atoms with Gasteiger partial charge in [0.15, 0.2) is 0 Å². The standard InChI is InChI=1S/C5H5F3O2/c6-4(7)5(8)10-2-3-1-9-3/h3H,1-2H2. The molecule has 1 unspecified atom stereocenters. The van der Waals surface area contributed by atoms with Gasteiger partial charge in [-0.05, 0) is 0 Å². The highest BCUT2D eigenvalue weighted by atomic mass is 19.3. The zero-order valence-corrected chi connectivity index (χ0v) is 4.94. The lowest BCUT2D eigenvalue weighted by molar-refractivity contribution is 0.106. The molecular weight excluding hydrogens is 149 g/mol. The number of rotatable bonds is 3. The van der Waals surface area contributed by atoms with Gasteiger partial charge in [0.1, 0.15) is 12.7 Å². The van der Waals surface area contributed by atoms with Crippen LogP contribution in [0.15, 0.2) is 12.1 Å². The van der Waals surface area contributed by atoms with E-state index in [-0.39, 0.29) is 12.7 Å². The maximum Gasteiger partial charge on any atom is 0.342 e. The number of halogens is 3. The van der Waals surface area contributed by atoms with Crippen LogP contribution in [0.1, 0.15) is 0 Å². The summed E-state index contributed by atoms with van der Waals surface area (Å²) in [6.45, 7) is 0.324. The predicted molar refractivity (Wildman–Crippen MR) is 26.0 cm³/mol. The monoisotopic (exact) mass is 154 g/mol. The number of hydrogen-bond acceptors (Lipinski definition) is 2. The molecule has 0 aromatic carbocycles. The average Bonchev–Trinajstić information content (AvgIpc) is 2.64. The molecule has 1 saturated heterocycles. The van der Waals surface area contributed by atoms with E-state index in [4.69, 9.17) is 0 Å². The molecule has 1 atom stereocenters. The molecule has 0 aromatic heterocycles. The summed E-state index contributed by atoms with van der Waals surface area (Å²) in [6, 6.07) is -1.81. The van der Waals surface area contributed by atoms with Crippen molar-refractivity contribution in [3.8, 4) is 0 Å². The second kappa shape index (κ2) is 2.92. The molecule has 0 amide bonds. The summed E-state index contributed by atoms with van der Waals surface area (Å²) in [5, 5.41) is 0. The van der Waals surface area contributed by atoms with Crippen molar-refractivity contribution in [2.75, 3.05) is 13.2 Å². The van der Waals surface area contributed by atoms with Crippen molar-refractivity contribution in [2.45, 2.75) is 6.10 Å². The summed E-state index contributed by atoms with van der Waals surface area (Å²) in [6.07, 6.45) is -2.63. The highest BCUT2D eigenvalue weighted by Gasteiger charge is 2.24. The summed E-state index contributed by atoms with van der Waals surface area (Å²) in [7, 11) is 0. The third-order valence-electron chi connectivity index (χ3n) is 0.947. The number of epoxide rings is 1. The van der Waals surface area contributed by atoms with Crippen molar-refractivity contribution >= 4 is 0 Å². The van der Waals surface area contributed by atoms with Gasteiger partial charge in [-0.25, -0.2) is 0 Å². The minimum absolute atomic E-state index is 0.136. The second-order valence-electron chi connectivity index (χ2n) is 1.80. The van der Waals surface area contributed by atoms with E-state index < -0.39 is 12.1 Å². The fourth-order valence-electron chi connectivity index (χ4n) is 0.385. The molecule has 58 valence electrons. The highest BCUT2D eigenvalue weighted by molar-refractivity contribution is 4.82. The SMILES string of the molecule is FC(F)=C(F)OCC1CO1. The smallest absolute Gasteiger partial charge is 0.342 e. The maximum absolute atomic E-state index is 11.8. The molecule has 0 bridgehead atoms. The molecule has 1 heterocycles. The van der Waals surface area contributed by atoms with Crippen LogP contribution < -0.4 is 0 Å². The summed E-state index contributed by atoms with van der Waals surface area (Å²) in [4.78, 5) is 0. The zero-order valence-electron chi connectivity index (χ0n) is 4.94. The van der Waals surface area contributed by atoms with Crippen molar-refractivity contribution in [2.24, 2.45) is 0 Å². The van der Waals surface area contributed by atoms with Gasteiger partial charge < -0.3 is 9.47 Å². The quantitative estimate of drug-likeness (QED) is 0.453. The highest BCUT2D eigenvalue weighted by Crippen LogP contribution is 2.15. The molecule has 1 rings (SSSR count). The van der Waals surface area contributed by atoms with E-state index in [1.165, 1.54) is 0 Å². The van der Waals surface area contributed by atoms with E-state index in [0.29, 0.717) is 6.61 Å². The third-order valence-corrected chi connectivity index (χ3v) is 0.947. The molecule has 5 heteroatoms. The van der Waals surface area contributed by atoms with Gasteiger partial charge in [0, 0.05) is 0 Å².